The molecule has 1 fully saturated rings. The molecule has 0 unspecified atom stereocenters. The second kappa shape index (κ2) is 8.93. The number of anilines is 1. The van der Waals surface area contributed by atoms with Gasteiger partial charge in [0.2, 0.25) is 5.91 Å². The molecule has 0 aromatic heterocycles. The van der Waals surface area contributed by atoms with Gasteiger partial charge in [-0.05, 0) is 30.7 Å². The summed E-state index contributed by atoms with van der Waals surface area (Å²) < 4.78 is 27.5. The number of carbonyl (C=O) groups excluding carboxylic acids is 1. The molecule has 1 amide bonds. The normalized spacial score (nSPS) is 14.7. The van der Waals surface area contributed by atoms with Crippen LogP contribution in [0.3, 0.4) is 0 Å². The van der Waals surface area contributed by atoms with Crippen molar-refractivity contribution in [1.82, 2.24) is 0 Å². The molecule has 0 atom stereocenters. The molecule has 3 rings (SSSR count). The topological polar surface area (TPSA) is 20.3 Å². The monoisotopic (exact) mass is 396 g/mol. The van der Waals surface area contributed by atoms with Crippen LogP contribution in [0.1, 0.15) is 42.5 Å². The van der Waals surface area contributed by atoms with Crippen molar-refractivity contribution >= 4 is 23.2 Å². The Balaban J connectivity index is 0.00000225. The van der Waals surface area contributed by atoms with Crippen LogP contribution in [0.25, 0.3) is 0 Å². The third kappa shape index (κ3) is 4.49. The molecule has 1 aliphatic rings. The quantitative estimate of drug-likeness (QED) is 0.503. The van der Waals surface area contributed by atoms with Crippen LogP contribution in [0, 0.1) is 17.7 Å². The Morgan fingerprint density at radius 3 is 2.40 bits per heavy atom. The summed E-state index contributed by atoms with van der Waals surface area (Å²) in [5.41, 5.74) is 0.363. The molecule has 1 aliphatic carbocycles. The molecule has 2 aromatic carbocycles. The first-order valence-electron chi connectivity index (χ1n) is 8.03. The van der Waals surface area contributed by atoms with Gasteiger partial charge in [0, 0.05) is 39.4 Å². The van der Waals surface area contributed by atoms with E-state index in [4.69, 9.17) is 11.6 Å². The van der Waals surface area contributed by atoms with E-state index < -0.39 is 11.6 Å². The van der Waals surface area contributed by atoms with Crippen LogP contribution in [0.5, 0.6) is 0 Å². The van der Waals surface area contributed by atoms with E-state index in [0.717, 1.165) is 38.2 Å². The van der Waals surface area contributed by atoms with Crippen molar-refractivity contribution < 1.29 is 35.3 Å². The van der Waals surface area contributed by atoms with Gasteiger partial charge in [0.25, 0.3) is 0 Å². The van der Waals surface area contributed by atoms with E-state index in [0.29, 0.717) is 10.6 Å². The van der Waals surface area contributed by atoms with E-state index in [1.807, 2.05) is 6.07 Å². The fraction of sp³-hybridized carbons (Fsp3) is 0.316. The summed E-state index contributed by atoms with van der Waals surface area (Å²) >= 11 is 6.15. The second-order valence-corrected chi connectivity index (χ2v) is 6.36. The zero-order valence-electron chi connectivity index (χ0n) is 13.6. The average Bonchev–Trinajstić information content (AvgIpc) is 2.58. The van der Waals surface area contributed by atoms with Crippen LogP contribution in [-0.2, 0) is 21.7 Å². The number of hydrogen-bond donors (Lipinski definition) is 0. The molecule has 6 heteroatoms. The molecule has 0 heterocycles. The molecule has 25 heavy (non-hydrogen) atoms. The van der Waals surface area contributed by atoms with Gasteiger partial charge < -0.3 is 4.90 Å². The molecule has 2 aromatic rings. The van der Waals surface area contributed by atoms with Crippen molar-refractivity contribution in [1.29, 1.82) is 0 Å². The van der Waals surface area contributed by atoms with Crippen molar-refractivity contribution in [3.63, 3.8) is 0 Å². The molecule has 0 saturated heterocycles. The zero-order valence-corrected chi connectivity index (χ0v) is 15.9. The van der Waals surface area contributed by atoms with Crippen molar-refractivity contribution in [2.45, 2.75) is 38.1 Å². The number of rotatable bonds is 3. The molecule has 0 N–H and O–H groups in total. The summed E-state index contributed by atoms with van der Waals surface area (Å²) in [7, 11) is 0. The Labute approximate surface area is 166 Å². The number of nitrogens with zero attached hydrogens (tertiary/aromatic N) is 1. The minimum absolute atomic E-state index is 0. The summed E-state index contributed by atoms with van der Waals surface area (Å²) in [6, 6.07) is 11.0. The summed E-state index contributed by atoms with van der Waals surface area (Å²) in [5.74, 6) is -2.02. The number of benzene rings is 2. The van der Waals surface area contributed by atoms with Crippen molar-refractivity contribution in [2.24, 2.45) is 0 Å². The van der Waals surface area contributed by atoms with Crippen LogP contribution in [0.15, 0.2) is 36.4 Å². The van der Waals surface area contributed by atoms with E-state index in [1.54, 1.807) is 24.3 Å². The standard InChI is InChI=1S/C19H17ClF2NO.Ti/c20-16-9-5-4-8-15(16)19(24)23(14-6-2-1-3-7-14)18-11-10-13(21)12-17(18)22;/h4-5,8-11,14H,1-3,6-7H2;/q-1;. The Morgan fingerprint density at radius 2 is 1.76 bits per heavy atom. The molecule has 130 valence electrons. The zero-order chi connectivity index (χ0) is 17.1. The fourth-order valence-electron chi connectivity index (χ4n) is 3.20. The molecule has 0 bridgehead atoms. The average molecular weight is 397 g/mol. The smallest absolute Gasteiger partial charge is 0.249 e. The number of carbonyl (C=O) groups is 1. The van der Waals surface area contributed by atoms with Gasteiger partial charge in [-0.2, -0.15) is 0 Å². The van der Waals surface area contributed by atoms with E-state index >= 15 is 0 Å². The van der Waals surface area contributed by atoms with Crippen LogP contribution >= 0.6 is 11.6 Å². The van der Waals surface area contributed by atoms with E-state index in [-0.39, 0.29) is 39.4 Å². The largest absolute Gasteiger partial charge is 0.357 e. The maximum absolute atomic E-state index is 14.3. The predicted octanol–water partition coefficient (Wildman–Crippen LogP) is 5.40. The summed E-state index contributed by atoms with van der Waals surface area (Å²) in [4.78, 5) is 14.5. The van der Waals surface area contributed by atoms with Crippen LogP contribution in [-0.4, -0.2) is 11.9 Å². The number of halogens is 3. The second-order valence-electron chi connectivity index (χ2n) is 5.95. The van der Waals surface area contributed by atoms with Gasteiger partial charge in [-0.25, -0.2) is 8.78 Å². The third-order valence-corrected chi connectivity index (χ3v) is 4.69. The van der Waals surface area contributed by atoms with Gasteiger partial charge in [0.1, 0.15) is 0 Å². The summed E-state index contributed by atoms with van der Waals surface area (Å²) in [6.45, 7) is 0. The first kappa shape index (κ1) is 20.1. The van der Waals surface area contributed by atoms with E-state index in [9.17, 15) is 13.6 Å². The number of hydrogen-bond acceptors (Lipinski definition) is 1. The van der Waals surface area contributed by atoms with Gasteiger partial charge in [-0.1, -0.05) is 43.0 Å². The molecule has 0 radical (unpaired) electrons. The molecule has 0 spiro atoms. The van der Waals surface area contributed by atoms with Crippen LogP contribution in [0.2, 0.25) is 5.02 Å². The van der Waals surface area contributed by atoms with Crippen LogP contribution in [0.4, 0.5) is 14.5 Å². The van der Waals surface area contributed by atoms with Gasteiger partial charge in [-0.3, -0.25) is 4.79 Å². The third-order valence-electron chi connectivity index (χ3n) is 4.36. The van der Waals surface area contributed by atoms with Crippen molar-refractivity contribution in [3.05, 3.63) is 64.7 Å². The fourth-order valence-corrected chi connectivity index (χ4v) is 3.41. The predicted molar refractivity (Wildman–Crippen MR) is 90.3 cm³/mol. The first-order chi connectivity index (χ1) is 11.6. The minimum atomic E-state index is -0.860. The van der Waals surface area contributed by atoms with E-state index in [1.165, 1.54) is 11.0 Å². The van der Waals surface area contributed by atoms with E-state index in [2.05, 4.69) is 0 Å². The Bertz CT molecular complexity index is 750. The van der Waals surface area contributed by atoms with Crippen molar-refractivity contribution in [3.8, 4) is 0 Å². The molecular weight excluding hydrogens is 380 g/mol. The van der Waals surface area contributed by atoms with Gasteiger partial charge in [0.15, 0.2) is 0 Å². The Hall–Kier alpha value is -1.23. The maximum Gasteiger partial charge on any atom is 0.249 e. The Kier molecular flexibility index (Phi) is 7.18. The molecular formula is C19H17ClF2NOTi-. The van der Waals surface area contributed by atoms with Gasteiger partial charge in [-0.15, -0.1) is 18.2 Å². The SMILES string of the molecule is O=C(c1ccccc1Cl)N(c1ccc(F)[c-]c1F)C1CCCCC1.[Ti]. The van der Waals surface area contributed by atoms with Gasteiger partial charge in [0.05, 0.1) is 10.6 Å². The number of amides is 1. The first-order valence-corrected chi connectivity index (χ1v) is 8.41. The van der Waals surface area contributed by atoms with Gasteiger partial charge >= 0.3 is 0 Å². The maximum atomic E-state index is 14.3. The van der Waals surface area contributed by atoms with Crippen LogP contribution < -0.4 is 4.90 Å². The molecule has 2 nitrogen and oxygen atoms in total. The summed E-state index contributed by atoms with van der Waals surface area (Å²) in [5, 5.41) is 0.315. The minimum Gasteiger partial charge on any atom is -0.357 e. The molecule has 0 aliphatic heterocycles. The summed E-state index contributed by atoms with van der Waals surface area (Å²) in [6.07, 6.45) is 4.62. The van der Waals surface area contributed by atoms with Crippen molar-refractivity contribution in [2.75, 3.05) is 4.90 Å². The Morgan fingerprint density at radius 1 is 1.08 bits per heavy atom. The molecule has 1 saturated carbocycles.